The number of hydrogen-bond donors (Lipinski definition) is 0. The molecule has 0 atom stereocenters. The number of hydrogen-bond acceptors (Lipinski definition) is 6. The molecule has 2 aliphatic heterocycles. The van der Waals surface area contributed by atoms with Crippen molar-refractivity contribution in [2.75, 3.05) is 25.3 Å². The molecule has 0 bridgehead atoms. The molecule has 0 aliphatic carbocycles. The Bertz CT molecular complexity index is 1230. The van der Waals surface area contributed by atoms with Crippen LogP contribution in [-0.2, 0) is 6.54 Å². The van der Waals surface area contributed by atoms with Crippen LogP contribution in [0.25, 0.3) is 6.08 Å². The second-order valence-electron chi connectivity index (χ2n) is 7.98. The third-order valence-electron chi connectivity index (χ3n) is 5.87. The van der Waals surface area contributed by atoms with Gasteiger partial charge < -0.3 is 23.8 Å². The predicted molar refractivity (Wildman–Crippen MR) is 126 cm³/mol. The first-order valence-corrected chi connectivity index (χ1v) is 10.9. The molecule has 3 aromatic rings. The van der Waals surface area contributed by atoms with Gasteiger partial charge in [-0.15, -0.1) is 0 Å². The molecule has 2 aliphatic rings. The van der Waals surface area contributed by atoms with Gasteiger partial charge in [0.05, 0.1) is 19.3 Å². The molecule has 6 nitrogen and oxygen atoms in total. The molecule has 0 saturated heterocycles. The van der Waals surface area contributed by atoms with Crippen LogP contribution >= 0.6 is 0 Å². The summed E-state index contributed by atoms with van der Waals surface area (Å²) in [6, 6.07) is 17.3. The van der Waals surface area contributed by atoms with E-state index < -0.39 is 0 Å². The Morgan fingerprint density at radius 2 is 1.76 bits per heavy atom. The van der Waals surface area contributed by atoms with E-state index in [2.05, 4.69) is 4.90 Å². The fourth-order valence-corrected chi connectivity index (χ4v) is 4.18. The van der Waals surface area contributed by atoms with Gasteiger partial charge in [0.15, 0.2) is 12.5 Å². The molecule has 168 valence electrons. The summed E-state index contributed by atoms with van der Waals surface area (Å²) in [5.41, 5.74) is 4.29. The summed E-state index contributed by atoms with van der Waals surface area (Å²) in [6.45, 7) is 5.60. The fourth-order valence-electron chi connectivity index (χ4n) is 4.18. The lowest BCUT2D eigenvalue weighted by atomic mass is 10.00. The Balaban J connectivity index is 1.41. The quantitative estimate of drug-likeness (QED) is 0.494. The Morgan fingerprint density at radius 3 is 2.45 bits per heavy atom. The second-order valence-corrected chi connectivity index (χ2v) is 7.98. The monoisotopic (exact) mass is 443 g/mol. The molecular weight excluding hydrogens is 418 g/mol. The molecule has 0 saturated carbocycles. The average molecular weight is 443 g/mol. The van der Waals surface area contributed by atoms with E-state index in [9.17, 15) is 4.79 Å². The number of ether oxygens (including phenoxy) is 4. The van der Waals surface area contributed by atoms with Crippen LogP contribution in [0.5, 0.6) is 23.0 Å². The fraction of sp³-hybridized carbons (Fsp3) is 0.222. The van der Waals surface area contributed by atoms with Crippen molar-refractivity contribution in [3.05, 3.63) is 82.6 Å². The van der Waals surface area contributed by atoms with Gasteiger partial charge in [-0.1, -0.05) is 12.1 Å². The molecule has 0 radical (unpaired) electrons. The summed E-state index contributed by atoms with van der Waals surface area (Å²) >= 11 is 0. The van der Waals surface area contributed by atoms with Crippen LogP contribution in [0.1, 0.15) is 34.0 Å². The summed E-state index contributed by atoms with van der Waals surface area (Å²) in [5.74, 6) is 3.15. The third kappa shape index (κ3) is 3.89. The molecule has 2 heterocycles. The lowest BCUT2D eigenvalue weighted by Crippen LogP contribution is -2.32. The Morgan fingerprint density at radius 1 is 1.03 bits per heavy atom. The van der Waals surface area contributed by atoms with Gasteiger partial charge in [-0.2, -0.15) is 0 Å². The number of rotatable bonds is 5. The number of nitrogens with zero attached hydrogens (tertiary/aromatic N) is 1. The number of carbonyl (C=O) groups excluding carboxylic acids is 1. The van der Waals surface area contributed by atoms with Crippen molar-refractivity contribution in [2.45, 2.75) is 20.4 Å². The standard InChI is InChI=1S/C27H25NO5/c1-4-31-22-11-7-20(8-12-22)28-15-19-14-23-25(29)24(13-18-5-9-21(30-3)10-6-18)33-27(23)17(2)26(19)32-16-28/h5-14H,4,15-16H2,1-3H3/b24-13-. The lowest BCUT2D eigenvalue weighted by molar-refractivity contribution is 0.101. The molecule has 3 aromatic carbocycles. The first-order chi connectivity index (χ1) is 16.1. The van der Waals surface area contributed by atoms with Crippen LogP contribution in [0, 0.1) is 6.92 Å². The number of fused-ring (bicyclic) bond motifs is 2. The van der Waals surface area contributed by atoms with Crippen LogP contribution in [0.4, 0.5) is 5.69 Å². The minimum atomic E-state index is -0.120. The molecule has 0 amide bonds. The summed E-state index contributed by atoms with van der Waals surface area (Å²) in [6.07, 6.45) is 1.76. The zero-order valence-electron chi connectivity index (χ0n) is 18.9. The first-order valence-electron chi connectivity index (χ1n) is 10.9. The SMILES string of the molecule is CCOc1ccc(N2COc3c(cc4c(c3C)O/C(=C\c3ccc(OC)cc3)C4=O)C2)cc1. The van der Waals surface area contributed by atoms with Crippen LogP contribution in [0.15, 0.2) is 60.4 Å². The van der Waals surface area contributed by atoms with Crippen molar-refractivity contribution in [1.82, 2.24) is 0 Å². The van der Waals surface area contributed by atoms with Crippen molar-refractivity contribution in [3.63, 3.8) is 0 Å². The highest BCUT2D eigenvalue weighted by Gasteiger charge is 2.33. The zero-order valence-corrected chi connectivity index (χ0v) is 18.9. The molecule has 5 rings (SSSR count). The molecule has 0 aromatic heterocycles. The maximum absolute atomic E-state index is 13.1. The highest BCUT2D eigenvalue weighted by Crippen LogP contribution is 2.43. The van der Waals surface area contributed by atoms with Crippen molar-refractivity contribution in [2.24, 2.45) is 0 Å². The van der Waals surface area contributed by atoms with E-state index in [1.807, 2.05) is 68.4 Å². The van der Waals surface area contributed by atoms with Gasteiger partial charge in [0, 0.05) is 23.4 Å². The summed E-state index contributed by atoms with van der Waals surface area (Å²) in [7, 11) is 1.62. The number of allylic oxidation sites excluding steroid dienone is 1. The maximum Gasteiger partial charge on any atom is 0.231 e. The second kappa shape index (κ2) is 8.54. The number of anilines is 1. The largest absolute Gasteiger partial charge is 0.497 e. The van der Waals surface area contributed by atoms with Gasteiger partial charge in [-0.3, -0.25) is 4.79 Å². The highest BCUT2D eigenvalue weighted by atomic mass is 16.5. The molecule has 0 unspecified atom stereocenters. The minimum Gasteiger partial charge on any atom is -0.497 e. The third-order valence-corrected chi connectivity index (χ3v) is 5.87. The van der Waals surface area contributed by atoms with E-state index in [4.69, 9.17) is 18.9 Å². The lowest BCUT2D eigenvalue weighted by Gasteiger charge is -2.32. The van der Waals surface area contributed by atoms with Gasteiger partial charge in [0.25, 0.3) is 0 Å². The van der Waals surface area contributed by atoms with E-state index in [-0.39, 0.29) is 5.78 Å². The molecule has 0 spiro atoms. The van der Waals surface area contributed by atoms with Crippen molar-refractivity contribution in [3.8, 4) is 23.0 Å². The number of methoxy groups -OCH3 is 1. The molecular formula is C27H25NO5. The van der Waals surface area contributed by atoms with Gasteiger partial charge in [-0.05, 0) is 68.0 Å². The zero-order chi connectivity index (χ0) is 22.9. The number of carbonyl (C=O) groups is 1. The Kier molecular flexibility index (Phi) is 5.42. The number of ketones is 1. The van der Waals surface area contributed by atoms with Gasteiger partial charge >= 0.3 is 0 Å². The van der Waals surface area contributed by atoms with Crippen LogP contribution in [0.3, 0.4) is 0 Å². The smallest absolute Gasteiger partial charge is 0.231 e. The first kappa shape index (κ1) is 20.9. The van der Waals surface area contributed by atoms with Gasteiger partial charge in [0.2, 0.25) is 5.78 Å². The van der Waals surface area contributed by atoms with Crippen molar-refractivity contribution in [1.29, 1.82) is 0 Å². The molecule has 0 N–H and O–H groups in total. The van der Waals surface area contributed by atoms with Crippen molar-refractivity contribution < 1.29 is 23.7 Å². The van der Waals surface area contributed by atoms with Crippen LogP contribution < -0.4 is 23.8 Å². The number of benzene rings is 3. The van der Waals surface area contributed by atoms with Gasteiger partial charge in [0.1, 0.15) is 23.0 Å². The van der Waals surface area contributed by atoms with E-state index in [1.54, 1.807) is 13.2 Å². The van der Waals surface area contributed by atoms with Crippen LogP contribution in [-0.4, -0.2) is 26.2 Å². The molecule has 6 heteroatoms. The van der Waals surface area contributed by atoms with Gasteiger partial charge in [-0.25, -0.2) is 0 Å². The van der Waals surface area contributed by atoms with E-state index in [0.717, 1.165) is 39.6 Å². The Labute approximate surface area is 193 Å². The normalized spacial score (nSPS) is 15.5. The van der Waals surface area contributed by atoms with Crippen LogP contribution in [0.2, 0.25) is 0 Å². The molecule has 33 heavy (non-hydrogen) atoms. The summed E-state index contributed by atoms with van der Waals surface area (Å²) in [5, 5.41) is 0. The summed E-state index contributed by atoms with van der Waals surface area (Å²) < 4.78 is 22.8. The average Bonchev–Trinajstić information content (AvgIpc) is 3.15. The summed E-state index contributed by atoms with van der Waals surface area (Å²) in [4.78, 5) is 15.2. The van der Waals surface area contributed by atoms with E-state index >= 15 is 0 Å². The minimum absolute atomic E-state index is 0.120. The molecule has 0 fully saturated rings. The Hall–Kier alpha value is -3.93. The predicted octanol–water partition coefficient (Wildman–Crippen LogP) is 5.38. The van der Waals surface area contributed by atoms with Crippen molar-refractivity contribution >= 4 is 17.5 Å². The van der Waals surface area contributed by atoms with E-state index in [1.165, 1.54) is 0 Å². The highest BCUT2D eigenvalue weighted by molar-refractivity contribution is 6.15. The number of Topliss-reactive ketones (excluding diaryl/α,β-unsaturated/α-hetero) is 1. The topological polar surface area (TPSA) is 57.2 Å². The maximum atomic E-state index is 13.1. The van der Waals surface area contributed by atoms with E-state index in [0.29, 0.717) is 37.0 Å².